The summed E-state index contributed by atoms with van der Waals surface area (Å²) >= 11 is 0. The second kappa shape index (κ2) is 20.2. The first-order chi connectivity index (χ1) is 18.2. The topological polar surface area (TPSA) is 78.4 Å². The van der Waals surface area contributed by atoms with Gasteiger partial charge < -0.3 is 15.7 Å². The van der Waals surface area contributed by atoms with Gasteiger partial charge in [-0.2, -0.15) is 0 Å². The zero-order valence-corrected chi connectivity index (χ0v) is 23.1. The Bertz CT molecular complexity index is 1090. The van der Waals surface area contributed by atoms with E-state index in [0.29, 0.717) is 6.54 Å². The number of ketones is 2. The van der Waals surface area contributed by atoms with Gasteiger partial charge in [-0.05, 0) is 60.4 Å². The molecule has 0 heterocycles. The highest BCUT2D eigenvalue weighted by Crippen LogP contribution is 2.18. The molecule has 1 unspecified atom stereocenters. The number of aliphatic hydroxyl groups excluding tert-OH is 1. The Kier molecular flexibility index (Phi) is 18.2. The quantitative estimate of drug-likeness (QED) is 0.162. The Morgan fingerprint density at radius 1 is 0.974 bits per heavy atom. The molecule has 0 aliphatic carbocycles. The molecular formula is C31H40F2N2O3. The number of nitrogens with one attached hydrogen (secondary N) is 2. The minimum Gasteiger partial charge on any atom is -0.514 e. The fourth-order valence-corrected chi connectivity index (χ4v) is 2.90. The van der Waals surface area contributed by atoms with Gasteiger partial charge in [0.05, 0.1) is 12.3 Å². The van der Waals surface area contributed by atoms with Crippen LogP contribution in [0.4, 0.5) is 8.78 Å². The monoisotopic (exact) mass is 526 g/mol. The molecule has 0 aromatic heterocycles. The minimum absolute atomic E-state index is 0.180. The maximum absolute atomic E-state index is 13.5. The van der Waals surface area contributed by atoms with Gasteiger partial charge in [0.2, 0.25) is 0 Å². The summed E-state index contributed by atoms with van der Waals surface area (Å²) in [6.45, 7) is 11.0. The number of carbonyl (C=O) groups excluding carboxylic acids is 2. The molecular weight excluding hydrogens is 486 g/mol. The summed E-state index contributed by atoms with van der Waals surface area (Å²) in [6.07, 6.45) is 11.2. The van der Waals surface area contributed by atoms with Crippen molar-refractivity contribution in [1.29, 1.82) is 0 Å². The first-order valence-electron chi connectivity index (χ1n) is 12.5. The lowest BCUT2D eigenvalue weighted by atomic mass is 10.0. The highest BCUT2D eigenvalue weighted by atomic mass is 19.1. The minimum atomic E-state index is -0.380. The summed E-state index contributed by atoms with van der Waals surface area (Å²) in [5.41, 5.74) is 3.60. The molecule has 38 heavy (non-hydrogen) atoms. The van der Waals surface area contributed by atoms with Gasteiger partial charge in [0.15, 0.2) is 11.6 Å². The van der Waals surface area contributed by atoms with Crippen molar-refractivity contribution >= 4 is 11.6 Å². The molecule has 0 aliphatic heterocycles. The average Bonchev–Trinajstić information content (AvgIpc) is 2.89. The molecule has 1 atom stereocenters. The Morgan fingerprint density at radius 2 is 1.61 bits per heavy atom. The Balaban J connectivity index is 0.00000150. The van der Waals surface area contributed by atoms with Crippen LogP contribution in [0, 0.1) is 11.6 Å². The number of rotatable bonds is 11. The van der Waals surface area contributed by atoms with Crippen molar-refractivity contribution in [2.75, 3.05) is 0 Å². The van der Waals surface area contributed by atoms with Crippen molar-refractivity contribution in [2.24, 2.45) is 0 Å². The SMILES string of the molecule is CC.CC(=O)C(C)=O.CC\C=C(/C=C(C)\C=C\C(NCc1cccc(F)c1)c1ccc(F)cc1)N/C=C\O. The van der Waals surface area contributed by atoms with Crippen LogP contribution in [0.25, 0.3) is 0 Å². The van der Waals surface area contributed by atoms with Crippen LogP contribution >= 0.6 is 0 Å². The van der Waals surface area contributed by atoms with E-state index in [1.54, 1.807) is 18.2 Å². The van der Waals surface area contributed by atoms with Crippen molar-refractivity contribution in [3.05, 3.63) is 119 Å². The third-order valence-electron chi connectivity index (χ3n) is 4.82. The molecule has 0 bridgehead atoms. The van der Waals surface area contributed by atoms with Crippen LogP contribution in [0.1, 0.15) is 65.1 Å². The molecule has 0 spiro atoms. The van der Waals surface area contributed by atoms with E-state index in [1.165, 1.54) is 44.3 Å². The summed E-state index contributed by atoms with van der Waals surface area (Å²) in [4.78, 5) is 19.6. The van der Waals surface area contributed by atoms with Crippen LogP contribution in [-0.4, -0.2) is 16.7 Å². The zero-order valence-electron chi connectivity index (χ0n) is 23.1. The molecule has 7 heteroatoms. The number of aliphatic hydroxyl groups is 1. The number of Topliss-reactive ketones (excluding diaryl/α,β-unsaturated/α-hetero) is 2. The van der Waals surface area contributed by atoms with Crippen molar-refractivity contribution in [3.8, 4) is 0 Å². The number of benzene rings is 2. The van der Waals surface area contributed by atoms with E-state index in [1.807, 2.05) is 58.1 Å². The molecule has 2 aromatic rings. The maximum atomic E-state index is 13.5. The predicted molar refractivity (Wildman–Crippen MR) is 151 cm³/mol. The van der Waals surface area contributed by atoms with Gasteiger partial charge in [-0.25, -0.2) is 8.78 Å². The van der Waals surface area contributed by atoms with Crippen LogP contribution in [-0.2, 0) is 16.1 Å². The van der Waals surface area contributed by atoms with Gasteiger partial charge in [0.1, 0.15) is 11.6 Å². The number of allylic oxidation sites excluding steroid dienone is 4. The summed E-state index contributed by atoms with van der Waals surface area (Å²) in [5.74, 6) is -1.33. The van der Waals surface area contributed by atoms with E-state index < -0.39 is 0 Å². The fraction of sp³-hybridized carbons (Fsp3) is 0.290. The molecule has 2 aromatic carbocycles. The molecule has 3 N–H and O–H groups in total. The normalized spacial score (nSPS) is 12.3. The molecule has 0 aliphatic rings. The smallest absolute Gasteiger partial charge is 0.195 e. The molecule has 0 fully saturated rings. The summed E-state index contributed by atoms with van der Waals surface area (Å²) in [5, 5.41) is 15.2. The maximum Gasteiger partial charge on any atom is 0.195 e. The lowest BCUT2D eigenvalue weighted by Crippen LogP contribution is -2.19. The van der Waals surface area contributed by atoms with E-state index >= 15 is 0 Å². The number of hydrogen-bond acceptors (Lipinski definition) is 5. The number of carbonyl (C=O) groups is 2. The first kappa shape index (κ1) is 34.2. The Labute approximate surface area is 225 Å². The van der Waals surface area contributed by atoms with Crippen molar-refractivity contribution in [2.45, 2.75) is 60.5 Å². The third-order valence-corrected chi connectivity index (χ3v) is 4.82. The fourth-order valence-electron chi connectivity index (χ4n) is 2.90. The molecule has 206 valence electrons. The van der Waals surface area contributed by atoms with E-state index in [0.717, 1.165) is 35.1 Å². The largest absolute Gasteiger partial charge is 0.514 e. The zero-order chi connectivity index (χ0) is 28.9. The van der Waals surface area contributed by atoms with Gasteiger partial charge in [-0.1, -0.05) is 63.3 Å². The van der Waals surface area contributed by atoms with E-state index in [2.05, 4.69) is 10.6 Å². The van der Waals surface area contributed by atoms with Gasteiger partial charge in [-0.15, -0.1) is 0 Å². The van der Waals surface area contributed by atoms with Crippen molar-refractivity contribution in [1.82, 2.24) is 10.6 Å². The number of halogens is 2. The van der Waals surface area contributed by atoms with Crippen LogP contribution in [0.2, 0.25) is 0 Å². The summed E-state index contributed by atoms with van der Waals surface area (Å²) in [6, 6.07) is 12.6. The van der Waals surface area contributed by atoms with Gasteiger partial charge in [0.25, 0.3) is 0 Å². The predicted octanol–water partition coefficient (Wildman–Crippen LogP) is 7.40. The summed E-state index contributed by atoms with van der Waals surface area (Å²) < 4.78 is 26.8. The van der Waals surface area contributed by atoms with E-state index in [-0.39, 0.29) is 29.2 Å². The van der Waals surface area contributed by atoms with Crippen LogP contribution in [0.15, 0.2) is 96.6 Å². The Morgan fingerprint density at radius 3 is 2.13 bits per heavy atom. The van der Waals surface area contributed by atoms with Gasteiger partial charge in [-0.3, -0.25) is 9.59 Å². The third kappa shape index (κ3) is 15.3. The first-order valence-corrected chi connectivity index (χ1v) is 12.5. The Hall–Kier alpha value is -3.84. The average molecular weight is 527 g/mol. The second-order valence-electron chi connectivity index (χ2n) is 7.93. The lowest BCUT2D eigenvalue weighted by Gasteiger charge is -2.16. The van der Waals surface area contributed by atoms with Gasteiger partial charge in [0, 0.05) is 32.3 Å². The van der Waals surface area contributed by atoms with Crippen molar-refractivity contribution in [3.63, 3.8) is 0 Å². The number of hydrogen-bond donors (Lipinski definition) is 3. The summed E-state index contributed by atoms with van der Waals surface area (Å²) in [7, 11) is 0. The van der Waals surface area contributed by atoms with Gasteiger partial charge >= 0.3 is 0 Å². The van der Waals surface area contributed by atoms with Crippen LogP contribution < -0.4 is 10.6 Å². The molecule has 0 saturated carbocycles. The van der Waals surface area contributed by atoms with Crippen LogP contribution in [0.3, 0.4) is 0 Å². The van der Waals surface area contributed by atoms with Crippen molar-refractivity contribution < 1.29 is 23.5 Å². The van der Waals surface area contributed by atoms with Crippen LogP contribution in [0.5, 0.6) is 0 Å². The lowest BCUT2D eigenvalue weighted by molar-refractivity contribution is -0.134. The standard InChI is InChI=1S/C25H28F2N2O.C4H6O2.C2H6/c1-3-5-24(28-14-15-30)16-19(2)8-13-25(21-9-11-22(26)12-10-21)29-18-20-6-4-7-23(27)17-20;1-3(5)4(2)6;1-2/h4-17,25,28-30H,3,18H2,1-2H3;1-2H3;1-2H3/b13-8+,15-14-,19-16-,24-5+;;. The molecule has 5 nitrogen and oxygen atoms in total. The highest BCUT2D eigenvalue weighted by molar-refractivity contribution is 6.35. The molecule has 0 amide bonds. The molecule has 2 rings (SSSR count). The highest BCUT2D eigenvalue weighted by Gasteiger charge is 2.08. The molecule has 0 saturated heterocycles. The molecule has 0 radical (unpaired) electrons. The second-order valence-corrected chi connectivity index (χ2v) is 7.93. The van der Waals surface area contributed by atoms with E-state index in [4.69, 9.17) is 5.11 Å². The van der Waals surface area contributed by atoms with E-state index in [9.17, 15) is 18.4 Å².